The van der Waals surface area contributed by atoms with Gasteiger partial charge in [0.05, 0.1) is 6.04 Å². The van der Waals surface area contributed by atoms with Gasteiger partial charge in [-0.15, -0.1) is 0 Å². The number of aromatic nitrogens is 1. The molecule has 0 radical (unpaired) electrons. The first kappa shape index (κ1) is 11.3. The van der Waals surface area contributed by atoms with E-state index in [0.29, 0.717) is 0 Å². The molecule has 2 aromatic rings. The highest BCUT2D eigenvalue weighted by atomic mass is 79.9. The third-order valence-corrected chi connectivity index (χ3v) is 3.38. The van der Waals surface area contributed by atoms with Crippen molar-refractivity contribution in [3.05, 3.63) is 63.9 Å². The van der Waals surface area contributed by atoms with Gasteiger partial charge in [-0.3, -0.25) is 0 Å². The summed E-state index contributed by atoms with van der Waals surface area (Å²) < 4.78 is 0.872. The summed E-state index contributed by atoms with van der Waals surface area (Å²) in [4.78, 5) is 4.26. The van der Waals surface area contributed by atoms with E-state index in [1.807, 2.05) is 43.5 Å². The van der Waals surface area contributed by atoms with Crippen molar-refractivity contribution in [2.24, 2.45) is 5.73 Å². The van der Waals surface area contributed by atoms with Crippen LogP contribution >= 0.6 is 15.9 Å². The average Bonchev–Trinajstić information content (AvgIpc) is 2.33. The van der Waals surface area contributed by atoms with Gasteiger partial charge in [0.15, 0.2) is 0 Å². The zero-order valence-corrected chi connectivity index (χ0v) is 10.6. The van der Waals surface area contributed by atoms with Crippen LogP contribution < -0.4 is 5.73 Å². The molecule has 0 aliphatic heterocycles. The molecule has 82 valence electrons. The minimum atomic E-state index is -0.111. The first-order valence-electron chi connectivity index (χ1n) is 5.11. The minimum Gasteiger partial charge on any atom is -0.320 e. The molecule has 0 amide bonds. The molecule has 0 aliphatic carbocycles. The lowest BCUT2D eigenvalue weighted by atomic mass is 10.0. The molecule has 0 spiro atoms. The SMILES string of the molecule is Cc1cc([C@H](N)c2ccccc2)cnc1Br. The summed E-state index contributed by atoms with van der Waals surface area (Å²) in [5, 5.41) is 0. The summed E-state index contributed by atoms with van der Waals surface area (Å²) in [7, 11) is 0. The number of rotatable bonds is 2. The van der Waals surface area contributed by atoms with Gasteiger partial charge in [-0.05, 0) is 45.6 Å². The quantitative estimate of drug-likeness (QED) is 0.856. The van der Waals surface area contributed by atoms with Crippen molar-refractivity contribution < 1.29 is 0 Å². The lowest BCUT2D eigenvalue weighted by Gasteiger charge is -2.13. The summed E-state index contributed by atoms with van der Waals surface area (Å²) in [5.41, 5.74) is 9.42. The highest BCUT2D eigenvalue weighted by molar-refractivity contribution is 9.10. The van der Waals surface area contributed by atoms with Gasteiger partial charge in [0, 0.05) is 6.20 Å². The second-order valence-corrected chi connectivity index (χ2v) is 4.52. The molecule has 2 rings (SSSR count). The second-order valence-electron chi connectivity index (χ2n) is 3.76. The lowest BCUT2D eigenvalue weighted by Crippen LogP contribution is -2.12. The van der Waals surface area contributed by atoms with E-state index in [2.05, 4.69) is 27.0 Å². The smallest absolute Gasteiger partial charge is 0.108 e. The van der Waals surface area contributed by atoms with Crippen LogP contribution in [0.2, 0.25) is 0 Å². The largest absolute Gasteiger partial charge is 0.320 e. The van der Waals surface area contributed by atoms with Crippen LogP contribution in [0.4, 0.5) is 0 Å². The van der Waals surface area contributed by atoms with Gasteiger partial charge in [-0.2, -0.15) is 0 Å². The molecule has 2 nitrogen and oxygen atoms in total. The van der Waals surface area contributed by atoms with Gasteiger partial charge < -0.3 is 5.73 Å². The second kappa shape index (κ2) is 4.76. The van der Waals surface area contributed by atoms with Crippen molar-refractivity contribution in [2.75, 3.05) is 0 Å². The van der Waals surface area contributed by atoms with Crippen LogP contribution in [0.3, 0.4) is 0 Å². The zero-order valence-electron chi connectivity index (χ0n) is 9.02. The van der Waals surface area contributed by atoms with Crippen LogP contribution in [-0.4, -0.2) is 4.98 Å². The summed E-state index contributed by atoms with van der Waals surface area (Å²) in [6.07, 6.45) is 1.81. The van der Waals surface area contributed by atoms with Crippen LogP contribution in [0.1, 0.15) is 22.7 Å². The zero-order chi connectivity index (χ0) is 11.5. The summed E-state index contributed by atoms with van der Waals surface area (Å²) in [6, 6.07) is 12.0. The predicted octanol–water partition coefficient (Wildman–Crippen LogP) is 3.20. The Morgan fingerprint density at radius 1 is 1.19 bits per heavy atom. The number of hydrogen-bond acceptors (Lipinski definition) is 2. The van der Waals surface area contributed by atoms with Gasteiger partial charge in [-0.25, -0.2) is 4.98 Å². The Hall–Kier alpha value is -1.19. The van der Waals surface area contributed by atoms with E-state index >= 15 is 0 Å². The van der Waals surface area contributed by atoms with Crippen molar-refractivity contribution in [3.8, 4) is 0 Å². The normalized spacial score (nSPS) is 12.4. The fourth-order valence-corrected chi connectivity index (χ4v) is 1.82. The summed E-state index contributed by atoms with van der Waals surface area (Å²) in [6.45, 7) is 2.01. The predicted molar refractivity (Wildman–Crippen MR) is 69.1 cm³/mol. The summed E-state index contributed by atoms with van der Waals surface area (Å²) in [5.74, 6) is 0. The molecule has 0 saturated carbocycles. The highest BCUT2D eigenvalue weighted by Gasteiger charge is 2.09. The number of aryl methyl sites for hydroxylation is 1. The van der Waals surface area contributed by atoms with Crippen molar-refractivity contribution >= 4 is 15.9 Å². The number of pyridine rings is 1. The molecule has 3 heteroatoms. The van der Waals surface area contributed by atoms with Crippen molar-refractivity contribution in [1.29, 1.82) is 0 Å². The molecule has 1 aromatic carbocycles. The Labute approximate surface area is 104 Å². The molecule has 0 saturated heterocycles. The molecule has 1 heterocycles. The van der Waals surface area contributed by atoms with Gasteiger partial charge in [-0.1, -0.05) is 30.3 Å². The average molecular weight is 277 g/mol. The van der Waals surface area contributed by atoms with E-state index in [1.165, 1.54) is 0 Å². The molecule has 1 atom stereocenters. The van der Waals surface area contributed by atoms with Gasteiger partial charge in [0.1, 0.15) is 4.60 Å². The molecule has 0 aliphatic rings. The maximum atomic E-state index is 6.18. The molecule has 0 fully saturated rings. The summed E-state index contributed by atoms with van der Waals surface area (Å²) >= 11 is 3.38. The number of nitrogens with zero attached hydrogens (tertiary/aromatic N) is 1. The maximum Gasteiger partial charge on any atom is 0.108 e. The number of benzene rings is 1. The van der Waals surface area contributed by atoms with Gasteiger partial charge in [0.2, 0.25) is 0 Å². The first-order valence-corrected chi connectivity index (χ1v) is 5.90. The fraction of sp³-hybridized carbons (Fsp3) is 0.154. The molecule has 16 heavy (non-hydrogen) atoms. The maximum absolute atomic E-state index is 6.18. The van der Waals surface area contributed by atoms with E-state index in [0.717, 1.165) is 21.3 Å². The first-order chi connectivity index (χ1) is 7.68. The molecular weight excluding hydrogens is 264 g/mol. The van der Waals surface area contributed by atoms with Gasteiger partial charge in [0.25, 0.3) is 0 Å². The van der Waals surface area contributed by atoms with E-state index in [1.54, 1.807) is 0 Å². The van der Waals surface area contributed by atoms with Crippen LogP contribution in [-0.2, 0) is 0 Å². The number of nitrogens with two attached hydrogens (primary N) is 1. The van der Waals surface area contributed by atoms with E-state index < -0.39 is 0 Å². The fourth-order valence-electron chi connectivity index (χ4n) is 1.60. The van der Waals surface area contributed by atoms with E-state index in [4.69, 9.17) is 5.73 Å². The van der Waals surface area contributed by atoms with Crippen molar-refractivity contribution in [1.82, 2.24) is 4.98 Å². The third kappa shape index (κ3) is 2.31. The molecular formula is C13H13BrN2. The Kier molecular flexibility index (Phi) is 3.36. The number of halogens is 1. The van der Waals surface area contributed by atoms with Crippen molar-refractivity contribution in [3.63, 3.8) is 0 Å². The topological polar surface area (TPSA) is 38.9 Å². The number of hydrogen-bond donors (Lipinski definition) is 1. The molecule has 0 unspecified atom stereocenters. The Bertz CT molecular complexity index is 483. The Balaban J connectivity index is 2.34. The van der Waals surface area contributed by atoms with Crippen LogP contribution in [0.15, 0.2) is 47.2 Å². The highest BCUT2D eigenvalue weighted by Crippen LogP contribution is 2.22. The van der Waals surface area contributed by atoms with Crippen molar-refractivity contribution in [2.45, 2.75) is 13.0 Å². The van der Waals surface area contributed by atoms with Gasteiger partial charge >= 0.3 is 0 Å². The molecule has 1 aromatic heterocycles. The molecule has 0 bridgehead atoms. The lowest BCUT2D eigenvalue weighted by molar-refractivity contribution is 0.858. The third-order valence-electron chi connectivity index (χ3n) is 2.55. The minimum absolute atomic E-state index is 0.111. The standard InChI is InChI=1S/C13H13BrN2/c1-9-7-11(8-16-13(9)14)12(15)10-5-3-2-4-6-10/h2-8,12H,15H2,1H3/t12-/m1/s1. The van der Waals surface area contributed by atoms with E-state index in [-0.39, 0.29) is 6.04 Å². The van der Waals surface area contributed by atoms with Crippen LogP contribution in [0.5, 0.6) is 0 Å². The van der Waals surface area contributed by atoms with Crippen LogP contribution in [0, 0.1) is 6.92 Å². The Morgan fingerprint density at radius 3 is 2.50 bits per heavy atom. The monoisotopic (exact) mass is 276 g/mol. The van der Waals surface area contributed by atoms with Crippen LogP contribution in [0.25, 0.3) is 0 Å². The molecule has 2 N–H and O–H groups in total. The van der Waals surface area contributed by atoms with E-state index in [9.17, 15) is 0 Å². The Morgan fingerprint density at radius 2 is 1.88 bits per heavy atom.